The normalized spacial score (nSPS) is 15.5. The van der Waals surface area contributed by atoms with Crippen LogP contribution in [0.3, 0.4) is 0 Å². The summed E-state index contributed by atoms with van der Waals surface area (Å²) in [5.41, 5.74) is 2.90. The number of hydrogen-bond acceptors (Lipinski definition) is 4. The Morgan fingerprint density at radius 2 is 2.24 bits per heavy atom. The zero-order valence-electron chi connectivity index (χ0n) is 12.4. The van der Waals surface area contributed by atoms with Crippen LogP contribution in [0, 0.1) is 0 Å². The average Bonchev–Trinajstić information content (AvgIpc) is 3.04. The third-order valence-corrected chi connectivity index (χ3v) is 3.84. The van der Waals surface area contributed by atoms with Crippen LogP contribution in [-0.4, -0.2) is 36.5 Å². The minimum Gasteiger partial charge on any atom is -0.346 e. The van der Waals surface area contributed by atoms with E-state index < -0.39 is 0 Å². The first-order valence-electron chi connectivity index (χ1n) is 7.33. The molecule has 1 N–H and O–H groups in total. The maximum atomic E-state index is 12.5. The molecule has 0 aromatic carbocycles. The summed E-state index contributed by atoms with van der Waals surface area (Å²) < 4.78 is 3.43. The van der Waals surface area contributed by atoms with Gasteiger partial charge in [0.1, 0.15) is 18.3 Å². The second-order valence-corrected chi connectivity index (χ2v) is 5.60. The predicted molar refractivity (Wildman–Crippen MR) is 76.8 cm³/mol. The zero-order chi connectivity index (χ0) is 14.8. The molecular weight excluding hydrogens is 268 g/mol. The van der Waals surface area contributed by atoms with Gasteiger partial charge in [0.2, 0.25) is 0 Å². The number of aryl methyl sites for hydroxylation is 2. The van der Waals surface area contributed by atoms with Crippen molar-refractivity contribution in [3.8, 4) is 0 Å². The summed E-state index contributed by atoms with van der Waals surface area (Å²) in [6, 6.07) is -0.0201. The predicted octanol–water partition coefficient (Wildman–Crippen LogP) is 0.709. The van der Waals surface area contributed by atoms with Crippen molar-refractivity contribution < 1.29 is 4.79 Å². The van der Waals surface area contributed by atoms with Crippen LogP contribution in [0.4, 0.5) is 0 Å². The van der Waals surface area contributed by atoms with Gasteiger partial charge in [-0.2, -0.15) is 10.2 Å². The number of aromatic nitrogens is 5. The molecule has 0 radical (unpaired) electrons. The number of nitrogens with one attached hydrogen (secondary N) is 1. The topological polar surface area (TPSA) is 77.6 Å². The van der Waals surface area contributed by atoms with Crippen molar-refractivity contribution in [2.24, 2.45) is 7.05 Å². The molecule has 2 heterocycles. The second kappa shape index (κ2) is 5.67. The van der Waals surface area contributed by atoms with E-state index in [2.05, 4.69) is 20.5 Å². The van der Waals surface area contributed by atoms with Gasteiger partial charge in [-0.1, -0.05) is 0 Å². The van der Waals surface area contributed by atoms with Crippen LogP contribution < -0.4 is 5.32 Å². The summed E-state index contributed by atoms with van der Waals surface area (Å²) >= 11 is 0. The molecular formula is C14H20N6O. The smallest absolute Gasteiger partial charge is 0.270 e. The molecule has 0 aliphatic heterocycles. The Bertz CT molecular complexity index is 630. The molecule has 0 saturated heterocycles. The van der Waals surface area contributed by atoms with Gasteiger partial charge in [-0.05, 0) is 32.6 Å². The van der Waals surface area contributed by atoms with Crippen molar-refractivity contribution in [2.45, 2.75) is 45.2 Å². The summed E-state index contributed by atoms with van der Waals surface area (Å²) in [7, 11) is 1.84. The number of hydrogen-bond donors (Lipinski definition) is 1. The fourth-order valence-electron chi connectivity index (χ4n) is 2.91. The Morgan fingerprint density at radius 3 is 3.00 bits per heavy atom. The summed E-state index contributed by atoms with van der Waals surface area (Å²) in [6.45, 7) is 2.56. The first-order chi connectivity index (χ1) is 10.1. The Morgan fingerprint density at radius 1 is 1.43 bits per heavy atom. The van der Waals surface area contributed by atoms with E-state index in [0.717, 1.165) is 36.9 Å². The molecule has 1 atom stereocenters. The lowest BCUT2D eigenvalue weighted by Gasteiger charge is -2.15. The highest BCUT2D eigenvalue weighted by atomic mass is 16.2. The van der Waals surface area contributed by atoms with Gasteiger partial charge in [-0.3, -0.25) is 14.2 Å². The molecule has 0 unspecified atom stereocenters. The third-order valence-electron chi connectivity index (χ3n) is 3.84. The van der Waals surface area contributed by atoms with E-state index in [4.69, 9.17) is 0 Å². The Labute approximate surface area is 123 Å². The van der Waals surface area contributed by atoms with Crippen molar-refractivity contribution in [3.63, 3.8) is 0 Å². The minimum absolute atomic E-state index is 0.0201. The van der Waals surface area contributed by atoms with Gasteiger partial charge >= 0.3 is 0 Å². The molecule has 1 amide bonds. The Kier molecular flexibility index (Phi) is 3.72. The van der Waals surface area contributed by atoms with Gasteiger partial charge in [-0.25, -0.2) is 4.98 Å². The number of fused-ring (bicyclic) bond motifs is 1. The van der Waals surface area contributed by atoms with E-state index >= 15 is 0 Å². The highest BCUT2D eigenvalue weighted by Gasteiger charge is 2.24. The molecule has 1 aliphatic carbocycles. The van der Waals surface area contributed by atoms with Gasteiger partial charge in [0.05, 0.1) is 12.2 Å². The summed E-state index contributed by atoms with van der Waals surface area (Å²) in [5.74, 6) is -0.0548. The lowest BCUT2D eigenvalue weighted by Crippen LogP contribution is -2.37. The lowest BCUT2D eigenvalue weighted by molar-refractivity contribution is 0.0925. The summed E-state index contributed by atoms with van der Waals surface area (Å²) in [4.78, 5) is 16.4. The number of nitrogens with zero attached hydrogens (tertiary/aromatic N) is 5. The minimum atomic E-state index is -0.0548. The SMILES string of the molecule is C[C@@H](Cn1cncn1)NC(=O)c1c2c(nn1C)CCCC2. The van der Waals surface area contributed by atoms with E-state index in [1.807, 2.05) is 14.0 Å². The van der Waals surface area contributed by atoms with Crippen LogP contribution in [-0.2, 0) is 26.4 Å². The maximum absolute atomic E-state index is 12.5. The van der Waals surface area contributed by atoms with Crippen LogP contribution in [0.15, 0.2) is 12.7 Å². The molecule has 1 aliphatic rings. The highest BCUT2D eigenvalue weighted by molar-refractivity contribution is 5.94. The van der Waals surface area contributed by atoms with Crippen LogP contribution in [0.1, 0.15) is 41.5 Å². The molecule has 2 aromatic heterocycles. The van der Waals surface area contributed by atoms with E-state index in [9.17, 15) is 4.79 Å². The van der Waals surface area contributed by atoms with Gasteiger partial charge in [0.15, 0.2) is 0 Å². The zero-order valence-corrected chi connectivity index (χ0v) is 12.4. The fraction of sp³-hybridized carbons (Fsp3) is 0.571. The summed E-state index contributed by atoms with van der Waals surface area (Å²) in [6.07, 6.45) is 7.36. The number of carbonyl (C=O) groups excluding carboxylic acids is 1. The van der Waals surface area contributed by atoms with Crippen LogP contribution in [0.25, 0.3) is 0 Å². The summed E-state index contributed by atoms with van der Waals surface area (Å²) in [5, 5.41) is 11.6. The Balaban J connectivity index is 1.72. The molecule has 112 valence electrons. The van der Waals surface area contributed by atoms with Crippen molar-refractivity contribution in [1.29, 1.82) is 0 Å². The number of rotatable bonds is 4. The Hall–Kier alpha value is -2.18. The molecule has 0 saturated carbocycles. The monoisotopic (exact) mass is 288 g/mol. The van der Waals surface area contributed by atoms with Crippen molar-refractivity contribution >= 4 is 5.91 Å². The standard InChI is InChI=1S/C14H20N6O/c1-10(7-20-9-15-8-16-20)17-14(21)13-11-5-3-4-6-12(11)18-19(13)2/h8-10H,3-7H2,1-2H3,(H,17,21)/t10-/m0/s1. The van der Waals surface area contributed by atoms with E-state index in [1.165, 1.54) is 6.33 Å². The average molecular weight is 288 g/mol. The molecule has 0 fully saturated rings. The first kappa shape index (κ1) is 13.8. The lowest BCUT2D eigenvalue weighted by atomic mass is 9.95. The molecule has 0 spiro atoms. The van der Waals surface area contributed by atoms with Crippen LogP contribution >= 0.6 is 0 Å². The van der Waals surface area contributed by atoms with Crippen LogP contribution in [0.2, 0.25) is 0 Å². The quantitative estimate of drug-likeness (QED) is 0.898. The van der Waals surface area contributed by atoms with E-state index in [-0.39, 0.29) is 11.9 Å². The van der Waals surface area contributed by atoms with Crippen molar-refractivity contribution in [2.75, 3.05) is 0 Å². The van der Waals surface area contributed by atoms with Crippen molar-refractivity contribution in [1.82, 2.24) is 29.9 Å². The first-order valence-corrected chi connectivity index (χ1v) is 7.33. The molecule has 2 aromatic rings. The number of carbonyl (C=O) groups is 1. The largest absolute Gasteiger partial charge is 0.346 e. The highest BCUT2D eigenvalue weighted by Crippen LogP contribution is 2.23. The van der Waals surface area contributed by atoms with Gasteiger partial charge in [0, 0.05) is 18.7 Å². The second-order valence-electron chi connectivity index (χ2n) is 5.60. The molecule has 7 heteroatoms. The molecule has 0 bridgehead atoms. The fourth-order valence-corrected chi connectivity index (χ4v) is 2.91. The molecule has 7 nitrogen and oxygen atoms in total. The van der Waals surface area contributed by atoms with Gasteiger partial charge < -0.3 is 5.32 Å². The third kappa shape index (κ3) is 2.81. The molecule has 3 rings (SSSR count). The van der Waals surface area contributed by atoms with Gasteiger partial charge in [0.25, 0.3) is 5.91 Å². The van der Waals surface area contributed by atoms with Gasteiger partial charge in [-0.15, -0.1) is 0 Å². The number of amides is 1. The van der Waals surface area contributed by atoms with E-state index in [1.54, 1.807) is 15.7 Å². The maximum Gasteiger partial charge on any atom is 0.270 e. The van der Waals surface area contributed by atoms with Crippen molar-refractivity contribution in [3.05, 3.63) is 29.6 Å². The van der Waals surface area contributed by atoms with E-state index in [0.29, 0.717) is 12.2 Å². The molecule has 21 heavy (non-hydrogen) atoms. The van der Waals surface area contributed by atoms with Crippen LogP contribution in [0.5, 0.6) is 0 Å².